The highest BCUT2D eigenvalue weighted by Gasteiger charge is 2.89. The Kier molecular flexibility index (Phi) is 4.89. The zero-order valence-corrected chi connectivity index (χ0v) is 11.1. The topological polar surface area (TPSA) is 34.9 Å². The van der Waals surface area contributed by atoms with Gasteiger partial charge in [-0.3, -0.25) is 4.79 Å². The first-order valence-corrected chi connectivity index (χ1v) is 5.68. The lowest BCUT2D eigenvalue weighted by Crippen LogP contribution is -2.70. The summed E-state index contributed by atoms with van der Waals surface area (Å²) in [6.07, 6.45) is -4.83. The summed E-state index contributed by atoms with van der Waals surface area (Å²) in [7, 11) is 0. The molecule has 1 rings (SSSR count). The summed E-state index contributed by atoms with van der Waals surface area (Å²) < 4.78 is 154. The van der Waals surface area contributed by atoms with Crippen LogP contribution in [0.25, 0.3) is 0 Å². The average molecular weight is 396 g/mol. The van der Waals surface area contributed by atoms with Crippen molar-refractivity contribution < 1.29 is 57.5 Å². The van der Waals surface area contributed by atoms with Gasteiger partial charge in [-0.2, -0.15) is 49.0 Å². The van der Waals surface area contributed by atoms with Crippen LogP contribution in [0.5, 0.6) is 0 Å². The average Bonchev–Trinajstić information content (AvgIpc) is 2.99. The maximum Gasteiger partial charge on any atom is 0.395 e. The third-order valence-corrected chi connectivity index (χ3v) is 2.86. The first-order chi connectivity index (χ1) is 11.0. The molecular weight excluding hydrogens is 392 g/mol. The second-order valence-corrected chi connectivity index (χ2v) is 4.48. The van der Waals surface area contributed by atoms with Crippen LogP contribution in [0.4, 0.5) is 52.7 Å². The molecule has 0 aliphatic carbocycles. The highest BCUT2D eigenvalue weighted by Crippen LogP contribution is 2.58. The van der Waals surface area contributed by atoms with Gasteiger partial charge in [0.1, 0.15) is 0 Å². The number of carbonyl (C=O) groups excluding carboxylic acids is 1. The second-order valence-electron chi connectivity index (χ2n) is 4.48. The van der Waals surface area contributed by atoms with E-state index >= 15 is 0 Å². The van der Waals surface area contributed by atoms with E-state index in [0.29, 0.717) is 12.3 Å². The van der Waals surface area contributed by atoms with E-state index in [1.807, 2.05) is 0 Å². The van der Waals surface area contributed by atoms with Crippen LogP contribution < -0.4 is 0 Å². The lowest BCUT2D eigenvalue weighted by atomic mass is 9.94. The van der Waals surface area contributed by atoms with E-state index in [2.05, 4.69) is 5.10 Å². The van der Waals surface area contributed by atoms with Gasteiger partial charge >= 0.3 is 41.9 Å². The number of alkyl halides is 12. The molecule has 0 radical (unpaired) electrons. The molecule has 25 heavy (non-hydrogen) atoms. The Bertz CT molecular complexity index is 624. The summed E-state index contributed by atoms with van der Waals surface area (Å²) in [6, 6.07) is 0.670. The molecule has 3 nitrogen and oxygen atoms in total. The van der Waals surface area contributed by atoms with Gasteiger partial charge in [0, 0.05) is 12.4 Å². The van der Waals surface area contributed by atoms with Crippen LogP contribution in [0.15, 0.2) is 18.5 Å². The van der Waals surface area contributed by atoms with Gasteiger partial charge < -0.3 is 0 Å². The predicted molar refractivity (Wildman–Crippen MR) is 53.6 cm³/mol. The molecule has 0 aromatic carbocycles. The lowest BCUT2D eigenvalue weighted by Gasteiger charge is -2.38. The van der Waals surface area contributed by atoms with Crippen LogP contribution in [-0.2, 0) is 0 Å². The number of hydrogen-bond donors (Lipinski definition) is 0. The highest BCUT2D eigenvalue weighted by molar-refractivity contribution is 5.86. The van der Waals surface area contributed by atoms with Gasteiger partial charge in [0.15, 0.2) is 0 Å². The van der Waals surface area contributed by atoms with E-state index in [-0.39, 0.29) is 6.20 Å². The van der Waals surface area contributed by atoms with Crippen LogP contribution >= 0.6 is 0 Å². The summed E-state index contributed by atoms with van der Waals surface area (Å²) in [6.45, 7) is 0. The number of rotatable bonds is 6. The molecule has 0 fully saturated rings. The van der Waals surface area contributed by atoms with Crippen LogP contribution in [0.1, 0.15) is 4.79 Å². The number of halogens is 12. The molecule has 1 aromatic heterocycles. The Balaban J connectivity index is 3.45. The van der Waals surface area contributed by atoms with Gasteiger partial charge in [-0.25, -0.2) is 13.5 Å². The van der Waals surface area contributed by atoms with Crippen molar-refractivity contribution in [2.75, 3.05) is 0 Å². The fourth-order valence-corrected chi connectivity index (χ4v) is 1.41. The van der Waals surface area contributed by atoms with Crippen molar-refractivity contribution >= 4 is 5.91 Å². The van der Waals surface area contributed by atoms with Gasteiger partial charge in [-0.05, 0) is 6.07 Å². The van der Waals surface area contributed by atoms with Crippen LogP contribution in [0, 0.1) is 0 Å². The van der Waals surface area contributed by atoms with Crippen molar-refractivity contribution in [2.24, 2.45) is 0 Å². The molecule has 0 N–H and O–H groups in total. The van der Waals surface area contributed by atoms with Crippen molar-refractivity contribution in [3.8, 4) is 0 Å². The largest absolute Gasteiger partial charge is 0.395 e. The molecule has 0 spiro atoms. The van der Waals surface area contributed by atoms with E-state index in [9.17, 15) is 57.5 Å². The Morgan fingerprint density at radius 3 is 1.68 bits per heavy atom. The molecule has 0 saturated heterocycles. The zero-order valence-electron chi connectivity index (χ0n) is 11.1. The monoisotopic (exact) mass is 396 g/mol. The number of nitrogens with zero attached hydrogens (tertiary/aromatic N) is 2. The van der Waals surface area contributed by atoms with E-state index in [1.54, 1.807) is 0 Å². The van der Waals surface area contributed by atoms with Gasteiger partial charge in [0.05, 0.1) is 0 Å². The summed E-state index contributed by atoms with van der Waals surface area (Å²) in [4.78, 5) is 11.1. The van der Waals surface area contributed by atoms with Gasteiger partial charge in [-0.15, -0.1) is 0 Å². The van der Waals surface area contributed by atoms with Crippen molar-refractivity contribution in [1.82, 2.24) is 9.78 Å². The molecule has 144 valence electrons. The molecule has 0 unspecified atom stereocenters. The molecule has 0 bridgehead atoms. The zero-order chi connectivity index (χ0) is 20.1. The SMILES string of the molecule is O=C(n1cccn1)C(F)(F)C(F)(F)C(F)(F)C(F)(F)C(F)(F)C(F)F. The fraction of sp³-hybridized carbons (Fsp3) is 0.600. The van der Waals surface area contributed by atoms with Crippen molar-refractivity contribution in [3.05, 3.63) is 18.5 Å². The Morgan fingerprint density at radius 2 is 1.32 bits per heavy atom. The van der Waals surface area contributed by atoms with E-state index in [4.69, 9.17) is 0 Å². The fourth-order valence-electron chi connectivity index (χ4n) is 1.41. The van der Waals surface area contributed by atoms with Crippen molar-refractivity contribution in [2.45, 2.75) is 36.0 Å². The Labute approximate surface area is 129 Å². The third kappa shape index (κ3) is 2.72. The lowest BCUT2D eigenvalue weighted by molar-refractivity contribution is -0.405. The van der Waals surface area contributed by atoms with Crippen LogP contribution in [0.2, 0.25) is 0 Å². The summed E-state index contributed by atoms with van der Waals surface area (Å²) in [5.41, 5.74) is 0. The highest BCUT2D eigenvalue weighted by atomic mass is 19.4. The smallest absolute Gasteiger partial charge is 0.265 e. The second kappa shape index (κ2) is 5.79. The molecule has 1 aromatic rings. The number of aromatic nitrogens is 2. The normalized spacial score (nSPS) is 14.9. The maximum absolute atomic E-state index is 13.4. The molecule has 0 aliphatic rings. The van der Waals surface area contributed by atoms with Gasteiger partial charge in [-0.1, -0.05) is 0 Å². The first-order valence-electron chi connectivity index (χ1n) is 5.68. The Morgan fingerprint density at radius 1 is 0.840 bits per heavy atom. The molecule has 0 atom stereocenters. The molecule has 1 heterocycles. The van der Waals surface area contributed by atoms with E-state index in [0.717, 1.165) is 0 Å². The van der Waals surface area contributed by atoms with E-state index in [1.165, 1.54) is 0 Å². The molecule has 0 saturated carbocycles. The third-order valence-electron chi connectivity index (χ3n) is 2.86. The maximum atomic E-state index is 13.4. The van der Waals surface area contributed by atoms with Crippen molar-refractivity contribution in [3.63, 3.8) is 0 Å². The predicted octanol–water partition coefficient (Wildman–Crippen LogP) is 3.96. The van der Waals surface area contributed by atoms with E-state index < -0.39 is 46.6 Å². The standard InChI is InChI=1S/C10H4F12N2O/c11-4(12)6(13,14)8(17,18)10(21,22)9(19,20)7(15,16)5(25)24-3-1-2-23-24/h1-4H. The molecule has 15 heteroatoms. The van der Waals surface area contributed by atoms with Gasteiger partial charge in [0.2, 0.25) is 0 Å². The number of hydrogen-bond acceptors (Lipinski definition) is 2. The summed E-state index contributed by atoms with van der Waals surface area (Å²) in [5.74, 6) is -39.9. The number of carbonyl (C=O) groups is 1. The van der Waals surface area contributed by atoms with Crippen molar-refractivity contribution in [1.29, 1.82) is 0 Å². The minimum atomic E-state index is -7.74. The molecular formula is C10H4F12N2O. The Hall–Kier alpha value is -1.96. The van der Waals surface area contributed by atoms with Crippen LogP contribution in [0.3, 0.4) is 0 Å². The minimum absolute atomic E-state index is 0.233. The minimum Gasteiger partial charge on any atom is -0.265 e. The molecule has 0 aliphatic heterocycles. The summed E-state index contributed by atoms with van der Waals surface area (Å²) in [5, 5.41) is 2.67. The summed E-state index contributed by atoms with van der Waals surface area (Å²) >= 11 is 0. The quantitative estimate of drug-likeness (QED) is 0.683. The van der Waals surface area contributed by atoms with Crippen LogP contribution in [-0.4, -0.2) is 51.7 Å². The van der Waals surface area contributed by atoms with Gasteiger partial charge in [0.25, 0.3) is 0 Å². The molecule has 0 amide bonds. The first kappa shape index (κ1) is 21.1.